The summed E-state index contributed by atoms with van der Waals surface area (Å²) in [6, 6.07) is 82.6. The first-order chi connectivity index (χ1) is 30.3. The summed E-state index contributed by atoms with van der Waals surface area (Å²) in [5, 5.41) is 1.16. The smallest absolute Gasteiger partial charge is 0.160 e. The van der Waals surface area contributed by atoms with E-state index >= 15 is 0 Å². The summed E-state index contributed by atoms with van der Waals surface area (Å²) in [5.74, 6) is 0.731. The van der Waals surface area contributed by atoms with E-state index in [0.29, 0.717) is 0 Å². The summed E-state index contributed by atoms with van der Waals surface area (Å²) in [6.07, 6.45) is 0. The zero-order valence-corrected chi connectivity index (χ0v) is 34.1. The van der Waals surface area contributed by atoms with Crippen molar-refractivity contribution >= 4 is 31.6 Å². The number of hydrogen-bond donors (Lipinski definition) is 0. The van der Waals surface area contributed by atoms with Crippen LogP contribution in [0.4, 0.5) is 0 Å². The summed E-state index contributed by atoms with van der Waals surface area (Å²) < 4.78 is 2.30. The second-order valence-corrected chi connectivity index (χ2v) is 16.3. The molecule has 0 unspecified atom stereocenters. The van der Waals surface area contributed by atoms with Crippen molar-refractivity contribution < 1.29 is 0 Å². The van der Waals surface area contributed by atoms with Gasteiger partial charge in [-0.2, -0.15) is 0 Å². The minimum absolute atomic E-state index is 0.731. The Labute approximate surface area is 359 Å². The van der Waals surface area contributed by atoms with Gasteiger partial charge in [0.25, 0.3) is 0 Å². The highest BCUT2D eigenvalue weighted by molar-refractivity contribution is 7.26. The Balaban J connectivity index is 1.14. The van der Waals surface area contributed by atoms with Gasteiger partial charge in [-0.1, -0.05) is 206 Å². The van der Waals surface area contributed by atoms with Crippen LogP contribution >= 0.6 is 11.3 Å². The lowest BCUT2D eigenvalue weighted by molar-refractivity contribution is 1.24. The molecule has 0 spiro atoms. The molecule has 0 bridgehead atoms. The average molecular weight is 795 g/mol. The van der Waals surface area contributed by atoms with Gasteiger partial charge in [-0.05, 0) is 91.0 Å². The summed E-state index contributed by atoms with van der Waals surface area (Å²) >= 11 is 1.76. The molecule has 0 saturated heterocycles. The molecule has 2 nitrogen and oxygen atoms in total. The average Bonchev–Trinajstić information content (AvgIpc) is 3.73. The molecule has 9 aromatic carbocycles. The van der Waals surface area contributed by atoms with Crippen molar-refractivity contribution in [1.82, 2.24) is 9.97 Å². The first-order valence-corrected chi connectivity index (χ1v) is 21.5. The van der Waals surface area contributed by atoms with Crippen LogP contribution in [0.3, 0.4) is 0 Å². The van der Waals surface area contributed by atoms with Crippen LogP contribution in [0.15, 0.2) is 231 Å². The number of hydrogen-bond acceptors (Lipinski definition) is 3. The highest BCUT2D eigenvalue weighted by atomic mass is 32.1. The highest BCUT2D eigenvalue weighted by Crippen LogP contribution is 2.50. The van der Waals surface area contributed by atoms with Crippen LogP contribution in [0.25, 0.3) is 110 Å². The second-order valence-electron chi connectivity index (χ2n) is 15.3. The molecule has 11 rings (SSSR count). The third-order valence-electron chi connectivity index (χ3n) is 11.5. The molecule has 0 amide bonds. The van der Waals surface area contributed by atoms with E-state index < -0.39 is 0 Å². The zero-order valence-electron chi connectivity index (χ0n) is 33.2. The molecule has 61 heavy (non-hydrogen) atoms. The molecule has 2 aromatic heterocycles. The Morgan fingerprint density at radius 1 is 0.295 bits per heavy atom. The van der Waals surface area contributed by atoms with Crippen LogP contribution in [0.5, 0.6) is 0 Å². The number of thiophene rings is 1. The van der Waals surface area contributed by atoms with Gasteiger partial charge >= 0.3 is 0 Å². The quantitative estimate of drug-likeness (QED) is 0.153. The van der Waals surface area contributed by atoms with E-state index in [-0.39, 0.29) is 0 Å². The molecule has 0 saturated carbocycles. The summed E-state index contributed by atoms with van der Waals surface area (Å²) in [4.78, 5) is 10.5. The fourth-order valence-corrected chi connectivity index (χ4v) is 9.83. The minimum Gasteiger partial charge on any atom is -0.226 e. The molecule has 0 aliphatic rings. The van der Waals surface area contributed by atoms with Gasteiger partial charge in [0.1, 0.15) is 0 Å². The Morgan fingerprint density at radius 3 is 1.31 bits per heavy atom. The first kappa shape index (κ1) is 36.4. The van der Waals surface area contributed by atoms with Crippen molar-refractivity contribution in [2.24, 2.45) is 0 Å². The van der Waals surface area contributed by atoms with Crippen molar-refractivity contribution in [1.29, 1.82) is 0 Å². The van der Waals surface area contributed by atoms with Gasteiger partial charge < -0.3 is 0 Å². The molecular formula is C58H38N2S. The van der Waals surface area contributed by atoms with E-state index in [1.165, 1.54) is 54.8 Å². The maximum absolute atomic E-state index is 5.29. The molecule has 0 aliphatic carbocycles. The molecule has 3 heteroatoms. The van der Waals surface area contributed by atoms with Gasteiger partial charge in [-0.3, -0.25) is 0 Å². The third kappa shape index (κ3) is 6.81. The Kier molecular flexibility index (Phi) is 9.42. The lowest BCUT2D eigenvalue weighted by atomic mass is 9.78. The van der Waals surface area contributed by atoms with E-state index in [9.17, 15) is 0 Å². The lowest BCUT2D eigenvalue weighted by Gasteiger charge is -2.24. The molecule has 0 radical (unpaired) electrons. The van der Waals surface area contributed by atoms with Crippen LogP contribution < -0.4 is 0 Å². The lowest BCUT2D eigenvalue weighted by Crippen LogP contribution is -1.98. The topological polar surface area (TPSA) is 25.8 Å². The van der Waals surface area contributed by atoms with Gasteiger partial charge in [0.2, 0.25) is 0 Å². The molecule has 286 valence electrons. The van der Waals surface area contributed by atoms with E-state index in [1.807, 2.05) is 18.2 Å². The maximum Gasteiger partial charge on any atom is 0.160 e. The van der Waals surface area contributed by atoms with Gasteiger partial charge in [0, 0.05) is 21.2 Å². The number of fused-ring (bicyclic) bond motifs is 3. The standard InChI is InChI=1S/C58H38N2S/c1-6-20-39(21-7-1)49-38-50(53(41-24-10-3-11-25-41)54(42-26-12-4-13-27-42)52(49)40-22-8-2-9-23-40)46-32-18-30-44(36-46)45-31-19-33-47(37-45)55-57-56(48-34-16-17-35-51(48)61-57)60-58(59-55)43-28-14-5-15-29-43/h1-38H. The summed E-state index contributed by atoms with van der Waals surface area (Å²) in [6.45, 7) is 0. The third-order valence-corrected chi connectivity index (χ3v) is 12.7. The van der Waals surface area contributed by atoms with Crippen LogP contribution in [-0.4, -0.2) is 9.97 Å². The fraction of sp³-hybridized carbons (Fsp3) is 0. The van der Waals surface area contributed by atoms with Crippen molar-refractivity contribution in [2.45, 2.75) is 0 Å². The molecule has 0 fully saturated rings. The second kappa shape index (κ2) is 15.8. The number of benzene rings is 9. The Hall–Kier alpha value is -7.72. The minimum atomic E-state index is 0.731. The first-order valence-electron chi connectivity index (χ1n) is 20.7. The van der Waals surface area contributed by atoms with Gasteiger partial charge in [0.05, 0.1) is 15.9 Å². The van der Waals surface area contributed by atoms with Gasteiger partial charge in [0.15, 0.2) is 5.82 Å². The monoisotopic (exact) mass is 794 g/mol. The Bertz CT molecular complexity index is 3320. The SMILES string of the molecule is c1ccc(-c2nc(-c3cccc(-c4cccc(-c5cc(-c6ccccc6)c(-c6ccccc6)c(-c6ccccc6)c5-c5ccccc5)c4)c3)c3sc4ccccc4c3n2)cc1. The van der Waals surface area contributed by atoms with Gasteiger partial charge in [-0.25, -0.2) is 9.97 Å². The number of nitrogens with zero attached hydrogens (tertiary/aromatic N) is 2. The van der Waals surface area contributed by atoms with Crippen LogP contribution in [-0.2, 0) is 0 Å². The number of aromatic nitrogens is 2. The molecule has 2 heterocycles. The maximum atomic E-state index is 5.29. The molecule has 11 aromatic rings. The summed E-state index contributed by atoms with van der Waals surface area (Å²) in [5.41, 5.74) is 18.1. The molecule has 0 aliphatic heterocycles. The summed E-state index contributed by atoms with van der Waals surface area (Å²) in [7, 11) is 0. The zero-order chi connectivity index (χ0) is 40.5. The fourth-order valence-electron chi connectivity index (χ4n) is 8.67. The predicted octanol–water partition coefficient (Wildman–Crippen LogP) is 16.2. The molecule has 0 N–H and O–H groups in total. The van der Waals surface area contributed by atoms with Gasteiger partial charge in [-0.15, -0.1) is 11.3 Å². The van der Waals surface area contributed by atoms with Crippen LogP contribution in [0.2, 0.25) is 0 Å². The van der Waals surface area contributed by atoms with Crippen molar-refractivity contribution in [3.63, 3.8) is 0 Å². The predicted molar refractivity (Wildman–Crippen MR) is 258 cm³/mol. The normalized spacial score (nSPS) is 11.3. The van der Waals surface area contributed by atoms with Crippen molar-refractivity contribution in [2.75, 3.05) is 0 Å². The van der Waals surface area contributed by atoms with E-state index in [2.05, 4.69) is 212 Å². The van der Waals surface area contributed by atoms with E-state index in [4.69, 9.17) is 9.97 Å². The van der Waals surface area contributed by atoms with Crippen molar-refractivity contribution in [3.05, 3.63) is 231 Å². The van der Waals surface area contributed by atoms with Crippen LogP contribution in [0.1, 0.15) is 0 Å². The molecular weight excluding hydrogens is 757 g/mol. The Morgan fingerprint density at radius 2 is 0.721 bits per heavy atom. The largest absolute Gasteiger partial charge is 0.226 e. The van der Waals surface area contributed by atoms with Crippen molar-refractivity contribution in [3.8, 4) is 89.4 Å². The highest BCUT2D eigenvalue weighted by Gasteiger charge is 2.24. The van der Waals surface area contributed by atoms with Crippen LogP contribution in [0, 0.1) is 0 Å². The molecule has 0 atom stereocenters. The number of rotatable bonds is 8. The van der Waals surface area contributed by atoms with E-state index in [1.54, 1.807) is 11.3 Å². The van der Waals surface area contributed by atoms with E-state index in [0.717, 1.165) is 54.9 Å².